The molecular weight excluding hydrogens is 604 g/mol. The summed E-state index contributed by atoms with van der Waals surface area (Å²) in [6, 6.07) is 13.0. The highest BCUT2D eigenvalue weighted by Gasteiger charge is 2.57. The van der Waals surface area contributed by atoms with Crippen molar-refractivity contribution in [3.8, 4) is 22.6 Å². The summed E-state index contributed by atoms with van der Waals surface area (Å²) >= 11 is 0. The number of H-pyrrole nitrogens is 1. The molecule has 1 atom stereocenters. The van der Waals surface area contributed by atoms with Crippen LogP contribution in [0, 0.1) is 6.92 Å². The van der Waals surface area contributed by atoms with Crippen molar-refractivity contribution in [2.45, 2.75) is 56.7 Å². The first-order valence-electron chi connectivity index (χ1n) is 15.6. The van der Waals surface area contributed by atoms with Crippen LogP contribution in [0.4, 0.5) is 5.69 Å². The van der Waals surface area contributed by atoms with Gasteiger partial charge >= 0.3 is 0 Å². The number of carbonyl (C=O) groups is 1. The number of ether oxygens (including phenoxy) is 2. The first-order valence-corrected chi connectivity index (χ1v) is 17.1. The number of allylic oxidation sites excluding steroid dienone is 1. The summed E-state index contributed by atoms with van der Waals surface area (Å²) in [6.07, 6.45) is 4.11. The maximum atomic E-state index is 14.1. The number of nitrogens with zero attached hydrogens (tertiary/aromatic N) is 2. The number of aryl methyl sites for hydroxylation is 1. The predicted octanol–water partition coefficient (Wildman–Crippen LogP) is 4.98. The summed E-state index contributed by atoms with van der Waals surface area (Å²) in [6.45, 7) is 9.19. The van der Waals surface area contributed by atoms with Gasteiger partial charge in [0.05, 0.1) is 36.3 Å². The minimum absolute atomic E-state index is 0.0602. The maximum absolute atomic E-state index is 14.1. The second-order valence-electron chi connectivity index (χ2n) is 12.6. The van der Waals surface area contributed by atoms with Gasteiger partial charge in [0.25, 0.3) is 11.5 Å². The number of hydrogen-bond acceptors (Lipinski definition) is 7. The van der Waals surface area contributed by atoms with Crippen molar-refractivity contribution in [1.82, 2.24) is 15.2 Å². The summed E-state index contributed by atoms with van der Waals surface area (Å²) in [5.41, 5.74) is 3.68. The molecule has 2 aliphatic rings. The largest absolute Gasteiger partial charge is 0.496 e. The Morgan fingerprint density at radius 3 is 2.52 bits per heavy atom. The number of carbonyl (C=O) groups excluding carboxylic acids is 1. The molecule has 1 unspecified atom stereocenters. The van der Waals surface area contributed by atoms with Crippen LogP contribution in [-0.4, -0.2) is 69.9 Å². The number of sulfonamides is 1. The Kier molecular flexibility index (Phi) is 9.65. The molecule has 3 aromatic rings. The summed E-state index contributed by atoms with van der Waals surface area (Å²) in [5.74, 6) is 0.484. The lowest BCUT2D eigenvalue weighted by Crippen LogP contribution is -2.39. The van der Waals surface area contributed by atoms with Crippen LogP contribution < -0.4 is 24.7 Å². The number of nitrogens with one attached hydrogen (secondary N) is 2. The van der Waals surface area contributed by atoms with Crippen molar-refractivity contribution in [2.24, 2.45) is 0 Å². The third-order valence-corrected chi connectivity index (χ3v) is 11.4. The van der Waals surface area contributed by atoms with Gasteiger partial charge in [-0.05, 0) is 93.7 Å². The molecule has 0 spiro atoms. The van der Waals surface area contributed by atoms with Gasteiger partial charge in [-0.2, -0.15) is 0 Å². The van der Waals surface area contributed by atoms with Crippen molar-refractivity contribution in [1.29, 1.82) is 0 Å². The average Bonchev–Trinajstić information content (AvgIpc) is 3.74. The third-order valence-electron chi connectivity index (χ3n) is 8.85. The van der Waals surface area contributed by atoms with Crippen molar-refractivity contribution in [2.75, 3.05) is 45.2 Å². The number of aromatic nitrogens is 1. The van der Waals surface area contributed by atoms with Gasteiger partial charge in [-0.25, -0.2) is 8.42 Å². The van der Waals surface area contributed by atoms with Gasteiger partial charge < -0.3 is 24.7 Å². The highest BCUT2D eigenvalue weighted by molar-refractivity contribution is 7.94. The van der Waals surface area contributed by atoms with E-state index in [1.54, 1.807) is 25.1 Å². The zero-order valence-electron chi connectivity index (χ0n) is 27.3. The van der Waals surface area contributed by atoms with Crippen LogP contribution in [-0.2, 0) is 16.6 Å². The average molecular weight is 649 g/mol. The molecule has 0 bridgehead atoms. The fourth-order valence-electron chi connectivity index (χ4n) is 6.20. The molecule has 11 heteroatoms. The van der Waals surface area contributed by atoms with Gasteiger partial charge in [0.2, 0.25) is 10.0 Å². The van der Waals surface area contributed by atoms with E-state index in [0.29, 0.717) is 65.3 Å². The Morgan fingerprint density at radius 1 is 1.17 bits per heavy atom. The molecule has 2 heterocycles. The van der Waals surface area contributed by atoms with E-state index in [0.717, 1.165) is 24.3 Å². The third kappa shape index (κ3) is 6.57. The van der Waals surface area contributed by atoms with Crippen LogP contribution in [0.1, 0.15) is 65.7 Å². The number of hydrogen-bond donors (Lipinski definition) is 2. The molecule has 246 valence electrons. The number of pyridine rings is 1. The highest BCUT2D eigenvalue weighted by Crippen LogP contribution is 2.52. The van der Waals surface area contributed by atoms with Gasteiger partial charge in [-0.15, -0.1) is 6.58 Å². The van der Waals surface area contributed by atoms with E-state index in [4.69, 9.17) is 9.47 Å². The summed E-state index contributed by atoms with van der Waals surface area (Å²) < 4.78 is 40.2. The molecule has 10 nitrogen and oxygen atoms in total. The molecule has 46 heavy (non-hydrogen) atoms. The van der Waals surface area contributed by atoms with Crippen molar-refractivity contribution in [3.63, 3.8) is 0 Å². The minimum atomic E-state index is -3.73. The Bertz CT molecular complexity index is 1780. The topological polar surface area (TPSA) is 121 Å². The molecule has 1 fully saturated rings. The minimum Gasteiger partial charge on any atom is -0.496 e. The quantitative estimate of drug-likeness (QED) is 0.187. The highest BCUT2D eigenvalue weighted by atomic mass is 32.2. The van der Waals surface area contributed by atoms with E-state index in [1.165, 1.54) is 11.4 Å². The van der Waals surface area contributed by atoms with E-state index >= 15 is 0 Å². The first-order chi connectivity index (χ1) is 21.9. The molecule has 5 rings (SSSR count). The number of methoxy groups -OCH3 is 1. The first kappa shape index (κ1) is 33.3. The smallest absolute Gasteiger partial charge is 0.256 e. The van der Waals surface area contributed by atoms with Crippen LogP contribution in [0.2, 0.25) is 0 Å². The number of rotatable bonds is 14. The SMILES string of the molecule is C=CCC1(S(=O)(=O)N2CC(C)c3c(C(=O)NCc4c(OC)cc(C)[nH]c4=O)cc(-c4ccc(OCCCN(C)C)cc4)cc32)CC1. The van der Waals surface area contributed by atoms with E-state index < -0.39 is 20.7 Å². The molecule has 0 saturated heterocycles. The fourth-order valence-corrected chi connectivity index (χ4v) is 8.44. The normalized spacial score (nSPS) is 16.7. The second kappa shape index (κ2) is 13.3. The van der Waals surface area contributed by atoms with Crippen LogP contribution in [0.3, 0.4) is 0 Å². The molecule has 0 radical (unpaired) electrons. The molecule has 1 aliphatic carbocycles. The Hall–Kier alpha value is -4.09. The van der Waals surface area contributed by atoms with E-state index in [9.17, 15) is 18.0 Å². The lowest BCUT2D eigenvalue weighted by molar-refractivity contribution is 0.0949. The van der Waals surface area contributed by atoms with Gasteiger partial charge in [-0.1, -0.05) is 25.1 Å². The lowest BCUT2D eigenvalue weighted by Gasteiger charge is -2.26. The molecule has 2 aromatic carbocycles. The monoisotopic (exact) mass is 648 g/mol. The zero-order chi connectivity index (χ0) is 33.2. The number of fused-ring (bicyclic) bond motifs is 1. The van der Waals surface area contributed by atoms with Crippen LogP contribution >= 0.6 is 0 Å². The van der Waals surface area contributed by atoms with Gasteiger partial charge in [0.15, 0.2) is 0 Å². The van der Waals surface area contributed by atoms with Crippen LogP contribution in [0.15, 0.2) is 59.9 Å². The molecule has 1 saturated carbocycles. The van der Waals surface area contributed by atoms with E-state index in [1.807, 2.05) is 51.4 Å². The number of amides is 1. The molecular formula is C35H44N4O6S. The Balaban J connectivity index is 1.52. The Morgan fingerprint density at radius 2 is 1.89 bits per heavy atom. The van der Waals surface area contributed by atoms with Crippen molar-refractivity contribution < 1.29 is 22.7 Å². The van der Waals surface area contributed by atoms with Crippen molar-refractivity contribution in [3.05, 3.63) is 87.9 Å². The Labute approximate surface area is 271 Å². The number of benzene rings is 2. The number of anilines is 1. The van der Waals surface area contributed by atoms with Gasteiger partial charge in [-0.3, -0.25) is 13.9 Å². The summed E-state index contributed by atoms with van der Waals surface area (Å²) in [5, 5.41) is 2.90. The zero-order valence-corrected chi connectivity index (χ0v) is 28.1. The molecule has 1 aromatic heterocycles. The second-order valence-corrected chi connectivity index (χ2v) is 14.9. The molecule has 1 amide bonds. The van der Waals surface area contributed by atoms with Gasteiger partial charge in [0, 0.05) is 30.3 Å². The van der Waals surface area contributed by atoms with Crippen molar-refractivity contribution >= 4 is 21.6 Å². The summed E-state index contributed by atoms with van der Waals surface area (Å²) in [4.78, 5) is 31.5. The number of aromatic amines is 1. The molecule has 2 N–H and O–H groups in total. The van der Waals surface area contributed by atoms with Crippen LogP contribution in [0.5, 0.6) is 11.5 Å². The van der Waals surface area contributed by atoms with Gasteiger partial charge in [0.1, 0.15) is 11.5 Å². The van der Waals surface area contributed by atoms with Crippen LogP contribution in [0.25, 0.3) is 11.1 Å². The maximum Gasteiger partial charge on any atom is 0.256 e. The van der Waals surface area contributed by atoms with E-state index in [-0.39, 0.29) is 24.6 Å². The standard InChI is InChI=1S/C35H44N4O6S/c1-7-13-35(14-15-35)46(42,43)39-22-23(2)32-28(33(40)36-21-29-31(44-6)18-24(3)37-34(29)41)19-26(20-30(32)39)25-9-11-27(12-10-25)45-17-8-16-38(4)5/h7,9-12,18-20,23H,1,8,13-17,21-22H2,2-6H3,(H,36,40)(H,37,41). The van der Waals surface area contributed by atoms with E-state index in [2.05, 4.69) is 21.8 Å². The predicted molar refractivity (Wildman–Crippen MR) is 182 cm³/mol. The summed E-state index contributed by atoms with van der Waals surface area (Å²) in [7, 11) is 1.79. The molecule has 1 aliphatic heterocycles. The lowest BCUT2D eigenvalue weighted by atomic mass is 9.92. The fraction of sp³-hybridized carbons (Fsp3) is 0.429.